The van der Waals surface area contributed by atoms with Crippen LogP contribution in [0.3, 0.4) is 0 Å². The molecule has 14 heteroatoms. The number of aromatic nitrogens is 8. The van der Waals surface area contributed by atoms with Gasteiger partial charge >= 0.3 is 0 Å². The van der Waals surface area contributed by atoms with E-state index in [1.807, 2.05) is 0 Å². The normalized spacial score (nSPS) is 9.11. The van der Waals surface area contributed by atoms with E-state index in [4.69, 9.17) is 0 Å². The molecular formula is C4H8N10O4. The Balaban J connectivity index is 0.00000144. The lowest BCUT2D eigenvalue weighted by Crippen LogP contribution is -2.34. The van der Waals surface area contributed by atoms with Crippen LogP contribution in [-0.4, -0.2) is 52.6 Å². The maximum atomic E-state index is 10.5. The Bertz CT molecular complexity index is 507. The lowest BCUT2D eigenvalue weighted by atomic mass is 10.6. The largest absolute Gasteiger partial charge is 0.541 e. The average Bonchev–Trinajstić information content (AvgIpc) is 2.85. The van der Waals surface area contributed by atoms with E-state index in [0.717, 1.165) is 0 Å². The van der Waals surface area contributed by atoms with E-state index < -0.39 is 23.6 Å². The Morgan fingerprint density at radius 3 is 1.44 bits per heavy atom. The third-order valence-electron chi connectivity index (χ3n) is 1.45. The molecule has 2 rings (SSSR count). The predicted octanol–water partition coefficient (Wildman–Crippen LogP) is -4.55. The first-order valence-electron chi connectivity index (χ1n) is 3.61. The summed E-state index contributed by atoms with van der Waals surface area (Å²) in [6.07, 6.45) is 0. The summed E-state index contributed by atoms with van der Waals surface area (Å²) in [6, 6.07) is 0. The minimum absolute atomic E-state index is 0. The molecule has 2 aromatic rings. The van der Waals surface area contributed by atoms with Gasteiger partial charge < -0.3 is 32.1 Å². The second kappa shape index (κ2) is 5.37. The minimum atomic E-state index is -1.72. The monoisotopic (exact) mass is 260 g/mol. The number of nitrogens with zero attached hydrogens (tertiary/aromatic N) is 8. The van der Waals surface area contributed by atoms with Crippen molar-refractivity contribution < 1.29 is 19.8 Å². The Labute approximate surface area is 97.3 Å². The average molecular weight is 260 g/mol. The van der Waals surface area contributed by atoms with E-state index in [2.05, 4.69) is 31.1 Å². The van der Waals surface area contributed by atoms with Crippen molar-refractivity contribution >= 4 is 11.9 Å². The van der Waals surface area contributed by atoms with Gasteiger partial charge in [0.05, 0.1) is 0 Å². The molecule has 0 aliphatic carbocycles. The van der Waals surface area contributed by atoms with E-state index >= 15 is 0 Å². The molecule has 0 aromatic carbocycles. The molecule has 0 unspecified atom stereocenters. The molecule has 0 spiro atoms. The molecule has 0 aliphatic heterocycles. The summed E-state index contributed by atoms with van der Waals surface area (Å²) in [5, 5.41) is 39.6. The van der Waals surface area contributed by atoms with E-state index in [1.165, 1.54) is 0 Å². The summed E-state index contributed by atoms with van der Waals surface area (Å²) in [4.78, 5) is 22.0. The van der Waals surface area contributed by atoms with Crippen molar-refractivity contribution in [2.24, 2.45) is 0 Å². The molecule has 0 aliphatic rings. The fourth-order valence-corrected chi connectivity index (χ4v) is 0.865. The second-order valence-electron chi connectivity index (χ2n) is 2.36. The van der Waals surface area contributed by atoms with Crippen molar-refractivity contribution in [3.63, 3.8) is 0 Å². The van der Waals surface area contributed by atoms with Gasteiger partial charge in [0.1, 0.15) is 11.9 Å². The van der Waals surface area contributed by atoms with Crippen molar-refractivity contribution in [1.29, 1.82) is 0 Å². The van der Waals surface area contributed by atoms with Crippen LogP contribution in [-0.2, 0) is 0 Å². The van der Waals surface area contributed by atoms with Crippen LogP contribution in [0.25, 0.3) is 0 Å². The quantitative estimate of drug-likeness (QED) is 0.534. The third kappa shape index (κ3) is 2.23. The highest BCUT2D eigenvalue weighted by Crippen LogP contribution is 1.94. The lowest BCUT2D eigenvalue weighted by molar-refractivity contribution is -0.258. The van der Waals surface area contributed by atoms with Gasteiger partial charge in [0.2, 0.25) is 11.6 Å². The maximum Gasteiger partial charge on any atom is 0.222 e. The summed E-state index contributed by atoms with van der Waals surface area (Å²) < 4.78 is 0. The van der Waals surface area contributed by atoms with Crippen molar-refractivity contribution in [2.75, 3.05) is 0 Å². The van der Waals surface area contributed by atoms with E-state index in [9.17, 15) is 19.8 Å². The first-order valence-corrected chi connectivity index (χ1v) is 3.61. The Morgan fingerprint density at radius 1 is 0.833 bits per heavy atom. The molecule has 0 fully saturated rings. The number of quaternary nitrogens is 2. The molecule has 8 N–H and O–H groups in total. The lowest BCUT2D eigenvalue weighted by Gasteiger charge is -2.05. The number of tetrazole rings is 2. The van der Waals surface area contributed by atoms with Crippen LogP contribution < -0.4 is 22.5 Å². The number of carbonyl (C=O) groups is 2. The van der Waals surface area contributed by atoms with Crippen LogP contribution >= 0.6 is 0 Å². The van der Waals surface area contributed by atoms with E-state index in [0.29, 0.717) is 9.58 Å². The van der Waals surface area contributed by atoms with Crippen LogP contribution in [0.1, 0.15) is 21.2 Å². The second-order valence-corrected chi connectivity index (χ2v) is 2.36. The summed E-state index contributed by atoms with van der Waals surface area (Å²) >= 11 is 0. The van der Waals surface area contributed by atoms with Crippen molar-refractivity contribution in [1.82, 2.24) is 52.9 Å². The summed E-state index contributed by atoms with van der Waals surface area (Å²) in [6.45, 7) is 0. The molecule has 0 amide bonds. The highest BCUT2D eigenvalue weighted by atomic mass is 16.4. The van der Waals surface area contributed by atoms with Crippen LogP contribution in [0, 0.1) is 0 Å². The summed E-state index contributed by atoms with van der Waals surface area (Å²) in [5.41, 5.74) is 0. The molecular weight excluding hydrogens is 252 g/mol. The fourth-order valence-electron chi connectivity index (χ4n) is 0.865. The maximum absolute atomic E-state index is 10.5. The van der Waals surface area contributed by atoms with Crippen molar-refractivity contribution in [3.05, 3.63) is 11.6 Å². The van der Waals surface area contributed by atoms with Gasteiger partial charge in [-0.2, -0.15) is 0 Å². The van der Waals surface area contributed by atoms with Gasteiger partial charge in [-0.05, 0) is 20.9 Å². The molecule has 18 heavy (non-hydrogen) atoms. The zero-order valence-electron chi connectivity index (χ0n) is 9.21. The van der Waals surface area contributed by atoms with Crippen LogP contribution in [0.2, 0.25) is 0 Å². The van der Waals surface area contributed by atoms with Gasteiger partial charge in [0, 0.05) is 0 Å². The highest BCUT2D eigenvalue weighted by Gasteiger charge is 2.15. The number of carbonyl (C=O) groups excluding carboxylic acids is 2. The molecule has 14 nitrogen and oxygen atoms in total. The number of rotatable bonds is 3. The molecule has 0 radical (unpaired) electrons. The first kappa shape index (κ1) is 15.0. The molecule has 2 aromatic heterocycles. The summed E-state index contributed by atoms with van der Waals surface area (Å²) in [5.74, 6) is -4.95. The van der Waals surface area contributed by atoms with Crippen LogP contribution in [0.4, 0.5) is 0 Å². The van der Waals surface area contributed by atoms with Crippen molar-refractivity contribution in [2.45, 2.75) is 0 Å². The van der Waals surface area contributed by atoms with E-state index in [-0.39, 0.29) is 12.3 Å². The van der Waals surface area contributed by atoms with Gasteiger partial charge in [-0.25, -0.2) is 0 Å². The number of carboxylic acid groups (broad SMARTS) is 2. The number of carboxylic acids is 2. The highest BCUT2D eigenvalue weighted by molar-refractivity contribution is 5.82. The Morgan fingerprint density at radius 2 is 1.17 bits per heavy atom. The SMILES string of the molecule is O=C([O-])c1nnnn1-n1nnnc1C(=O)[O-].[NH4+].[NH4+]. The zero-order valence-corrected chi connectivity index (χ0v) is 9.21. The van der Waals surface area contributed by atoms with Crippen LogP contribution in [0.5, 0.6) is 0 Å². The molecule has 0 atom stereocenters. The summed E-state index contributed by atoms with van der Waals surface area (Å²) in [7, 11) is 0. The Kier molecular flexibility index (Phi) is 4.47. The van der Waals surface area contributed by atoms with Gasteiger partial charge in [-0.3, -0.25) is 0 Å². The van der Waals surface area contributed by atoms with Gasteiger partial charge in [0.15, 0.2) is 0 Å². The molecule has 0 saturated heterocycles. The number of aromatic carboxylic acids is 2. The molecule has 98 valence electrons. The van der Waals surface area contributed by atoms with Gasteiger partial charge in [-0.1, -0.05) is 0 Å². The first-order chi connectivity index (χ1) is 7.61. The van der Waals surface area contributed by atoms with Gasteiger partial charge in [0.25, 0.3) is 0 Å². The van der Waals surface area contributed by atoms with Crippen molar-refractivity contribution in [3.8, 4) is 0 Å². The van der Waals surface area contributed by atoms with E-state index in [1.54, 1.807) is 0 Å². The predicted molar refractivity (Wildman–Crippen MR) is 47.1 cm³/mol. The number of hydrogen-bond donors (Lipinski definition) is 2. The van der Waals surface area contributed by atoms with Gasteiger partial charge in [-0.15, -0.1) is 19.8 Å². The van der Waals surface area contributed by atoms with Crippen LogP contribution in [0.15, 0.2) is 0 Å². The number of hydrogen-bond acceptors (Lipinski definition) is 10. The topological polar surface area (TPSA) is 240 Å². The molecule has 2 heterocycles. The smallest absolute Gasteiger partial charge is 0.222 e. The standard InChI is InChI=1S/C4H2N8O4.2H3N/c13-3(14)1-5-7-9-11(1)12-2(4(15)16)6-8-10-12;;/h(H,13,14)(H,15,16);2*1H3. The molecule has 0 saturated carbocycles. The molecule has 0 bridgehead atoms. The fraction of sp³-hybridized carbons (Fsp3) is 0. The Hall–Kier alpha value is -3.00. The third-order valence-corrected chi connectivity index (χ3v) is 1.45. The minimum Gasteiger partial charge on any atom is -0.541 e. The zero-order chi connectivity index (χ0) is 11.7.